The summed E-state index contributed by atoms with van der Waals surface area (Å²) in [6.45, 7) is 1.73. The molecular formula is C13H16N4O2. The van der Waals surface area contributed by atoms with E-state index in [4.69, 9.17) is 0 Å². The van der Waals surface area contributed by atoms with E-state index in [2.05, 4.69) is 15.6 Å². The van der Waals surface area contributed by atoms with E-state index < -0.39 is 0 Å². The second kappa shape index (κ2) is 4.87. The van der Waals surface area contributed by atoms with E-state index in [-0.39, 0.29) is 17.7 Å². The van der Waals surface area contributed by atoms with Crippen LogP contribution in [0.1, 0.15) is 12.8 Å². The minimum absolute atomic E-state index is 0.0131. The highest BCUT2D eigenvalue weighted by Gasteiger charge is 2.29. The summed E-state index contributed by atoms with van der Waals surface area (Å²) in [4.78, 5) is 29.1. The highest BCUT2D eigenvalue weighted by atomic mass is 16.2. The SMILES string of the molecule is O=C1CN(c2ccc(NC(=O)C3CC3)cn2)CCN1. The zero-order valence-electron chi connectivity index (χ0n) is 10.6. The van der Waals surface area contributed by atoms with E-state index >= 15 is 0 Å². The summed E-state index contributed by atoms with van der Waals surface area (Å²) in [5.74, 6) is 1.04. The Kier molecular flexibility index (Phi) is 3.06. The van der Waals surface area contributed by atoms with Crippen LogP contribution in [0.3, 0.4) is 0 Å². The molecule has 6 nitrogen and oxygen atoms in total. The number of nitrogens with zero attached hydrogens (tertiary/aromatic N) is 2. The van der Waals surface area contributed by atoms with Crippen LogP contribution in [0.15, 0.2) is 18.3 Å². The van der Waals surface area contributed by atoms with Crippen molar-refractivity contribution in [2.24, 2.45) is 5.92 Å². The van der Waals surface area contributed by atoms with E-state index in [0.717, 1.165) is 25.2 Å². The fourth-order valence-corrected chi connectivity index (χ4v) is 2.07. The van der Waals surface area contributed by atoms with Crippen molar-refractivity contribution in [3.63, 3.8) is 0 Å². The van der Waals surface area contributed by atoms with Crippen LogP contribution in [0.25, 0.3) is 0 Å². The molecule has 2 aliphatic rings. The maximum atomic E-state index is 11.6. The summed E-state index contributed by atoms with van der Waals surface area (Å²) in [5, 5.41) is 5.62. The number of rotatable bonds is 3. The van der Waals surface area contributed by atoms with Crippen LogP contribution in [-0.2, 0) is 9.59 Å². The number of amides is 2. The summed E-state index contributed by atoms with van der Waals surface area (Å²) in [6, 6.07) is 3.66. The minimum Gasteiger partial charge on any atom is -0.353 e. The summed E-state index contributed by atoms with van der Waals surface area (Å²) in [6.07, 6.45) is 3.61. The number of pyridine rings is 1. The molecule has 0 atom stereocenters. The molecule has 0 spiro atoms. The molecule has 2 heterocycles. The summed E-state index contributed by atoms with van der Waals surface area (Å²) < 4.78 is 0. The van der Waals surface area contributed by atoms with Gasteiger partial charge in [-0.05, 0) is 25.0 Å². The largest absolute Gasteiger partial charge is 0.353 e. The van der Waals surface area contributed by atoms with Crippen LogP contribution in [0, 0.1) is 5.92 Å². The Morgan fingerprint density at radius 1 is 1.42 bits per heavy atom. The number of anilines is 2. The average Bonchev–Trinajstić information content (AvgIpc) is 3.24. The average molecular weight is 260 g/mol. The fourth-order valence-electron chi connectivity index (χ4n) is 2.07. The molecule has 3 rings (SSSR count). The second-order valence-electron chi connectivity index (χ2n) is 4.94. The van der Waals surface area contributed by atoms with E-state index in [0.29, 0.717) is 18.8 Å². The van der Waals surface area contributed by atoms with Gasteiger partial charge >= 0.3 is 0 Å². The molecule has 1 aromatic rings. The Bertz CT molecular complexity index is 496. The first kappa shape index (κ1) is 12.0. The van der Waals surface area contributed by atoms with E-state index in [1.165, 1.54) is 0 Å². The van der Waals surface area contributed by atoms with E-state index in [1.807, 2.05) is 17.0 Å². The van der Waals surface area contributed by atoms with Crippen molar-refractivity contribution in [3.05, 3.63) is 18.3 Å². The van der Waals surface area contributed by atoms with Gasteiger partial charge in [-0.15, -0.1) is 0 Å². The van der Waals surface area contributed by atoms with Gasteiger partial charge < -0.3 is 15.5 Å². The predicted octanol–water partition coefficient (Wildman–Crippen LogP) is 0.366. The van der Waals surface area contributed by atoms with E-state index in [1.54, 1.807) is 6.20 Å². The van der Waals surface area contributed by atoms with Crippen LogP contribution in [0.4, 0.5) is 11.5 Å². The Morgan fingerprint density at radius 2 is 2.26 bits per heavy atom. The van der Waals surface area contributed by atoms with Crippen LogP contribution in [0.5, 0.6) is 0 Å². The van der Waals surface area contributed by atoms with Gasteiger partial charge in [0, 0.05) is 19.0 Å². The van der Waals surface area contributed by atoms with Crippen molar-refractivity contribution < 1.29 is 9.59 Å². The van der Waals surface area contributed by atoms with E-state index in [9.17, 15) is 9.59 Å². The molecule has 0 radical (unpaired) electrons. The normalized spacial score (nSPS) is 18.9. The molecule has 100 valence electrons. The molecule has 1 saturated carbocycles. The molecule has 1 aliphatic carbocycles. The molecule has 2 N–H and O–H groups in total. The van der Waals surface area contributed by atoms with Crippen molar-refractivity contribution >= 4 is 23.3 Å². The lowest BCUT2D eigenvalue weighted by Crippen LogP contribution is -2.48. The van der Waals surface area contributed by atoms with Crippen molar-refractivity contribution in [3.8, 4) is 0 Å². The number of hydrogen-bond donors (Lipinski definition) is 2. The first-order valence-corrected chi connectivity index (χ1v) is 6.51. The highest BCUT2D eigenvalue weighted by molar-refractivity contribution is 5.94. The molecule has 1 saturated heterocycles. The molecule has 19 heavy (non-hydrogen) atoms. The lowest BCUT2D eigenvalue weighted by atomic mass is 10.3. The monoisotopic (exact) mass is 260 g/mol. The third-order valence-corrected chi connectivity index (χ3v) is 3.33. The lowest BCUT2D eigenvalue weighted by Gasteiger charge is -2.27. The van der Waals surface area contributed by atoms with Crippen LogP contribution in [0.2, 0.25) is 0 Å². The standard InChI is InChI=1S/C13H16N4O2/c18-12-8-17(6-5-14-12)11-4-3-10(7-15-11)16-13(19)9-1-2-9/h3-4,7,9H,1-2,5-6,8H2,(H,14,18)(H,16,19). The van der Waals surface area contributed by atoms with Crippen LogP contribution in [-0.4, -0.2) is 36.4 Å². The van der Waals surface area contributed by atoms with Gasteiger partial charge in [0.25, 0.3) is 0 Å². The third kappa shape index (κ3) is 2.83. The Morgan fingerprint density at radius 3 is 2.89 bits per heavy atom. The first-order valence-electron chi connectivity index (χ1n) is 6.51. The van der Waals surface area contributed by atoms with Gasteiger partial charge in [-0.2, -0.15) is 0 Å². The third-order valence-electron chi connectivity index (χ3n) is 3.33. The number of piperazine rings is 1. The molecule has 0 unspecified atom stereocenters. The van der Waals surface area contributed by atoms with Crippen molar-refractivity contribution in [1.29, 1.82) is 0 Å². The molecule has 0 aromatic carbocycles. The van der Waals surface area contributed by atoms with Gasteiger partial charge in [-0.25, -0.2) is 4.98 Å². The van der Waals surface area contributed by atoms with Crippen molar-refractivity contribution in [1.82, 2.24) is 10.3 Å². The van der Waals surface area contributed by atoms with Gasteiger partial charge in [0.15, 0.2) is 0 Å². The summed E-state index contributed by atoms with van der Waals surface area (Å²) in [5.41, 5.74) is 0.710. The van der Waals surface area contributed by atoms with Gasteiger partial charge in [-0.1, -0.05) is 0 Å². The Hall–Kier alpha value is -2.11. The molecule has 6 heteroatoms. The molecule has 0 bridgehead atoms. The van der Waals surface area contributed by atoms with Crippen LogP contribution < -0.4 is 15.5 Å². The molecule has 2 amide bonds. The number of carbonyl (C=O) groups excluding carboxylic acids is 2. The number of nitrogens with one attached hydrogen (secondary N) is 2. The van der Waals surface area contributed by atoms with Gasteiger partial charge in [0.2, 0.25) is 11.8 Å². The zero-order valence-corrected chi connectivity index (χ0v) is 10.6. The predicted molar refractivity (Wildman–Crippen MR) is 70.8 cm³/mol. The maximum Gasteiger partial charge on any atom is 0.239 e. The lowest BCUT2D eigenvalue weighted by molar-refractivity contribution is -0.120. The van der Waals surface area contributed by atoms with Gasteiger partial charge in [0.1, 0.15) is 5.82 Å². The quantitative estimate of drug-likeness (QED) is 0.823. The highest BCUT2D eigenvalue weighted by Crippen LogP contribution is 2.30. The number of carbonyl (C=O) groups is 2. The summed E-state index contributed by atoms with van der Waals surface area (Å²) in [7, 11) is 0. The second-order valence-corrected chi connectivity index (χ2v) is 4.94. The Balaban J connectivity index is 1.64. The Labute approximate surface area is 111 Å². The smallest absolute Gasteiger partial charge is 0.239 e. The molecule has 1 aliphatic heterocycles. The first-order chi connectivity index (χ1) is 9.22. The minimum atomic E-state index is 0.0131. The topological polar surface area (TPSA) is 74.3 Å². The van der Waals surface area contributed by atoms with Gasteiger partial charge in [0.05, 0.1) is 18.4 Å². The maximum absolute atomic E-state index is 11.6. The van der Waals surface area contributed by atoms with Crippen LogP contribution >= 0.6 is 0 Å². The molecule has 2 fully saturated rings. The van der Waals surface area contributed by atoms with Crippen molar-refractivity contribution in [2.45, 2.75) is 12.8 Å². The molecular weight excluding hydrogens is 244 g/mol. The van der Waals surface area contributed by atoms with Crippen molar-refractivity contribution in [2.75, 3.05) is 29.9 Å². The summed E-state index contributed by atoms with van der Waals surface area (Å²) >= 11 is 0. The molecule has 1 aromatic heterocycles. The zero-order chi connectivity index (χ0) is 13.2. The number of aromatic nitrogens is 1. The van der Waals surface area contributed by atoms with Gasteiger partial charge in [-0.3, -0.25) is 9.59 Å². The fraction of sp³-hybridized carbons (Fsp3) is 0.462. The number of hydrogen-bond acceptors (Lipinski definition) is 4.